The van der Waals surface area contributed by atoms with Crippen molar-refractivity contribution < 1.29 is 4.79 Å². The minimum Gasteiger partial charge on any atom is -0.351 e. The molecule has 0 radical (unpaired) electrons. The Morgan fingerprint density at radius 1 is 1.23 bits per heavy atom. The molecule has 7 heteroatoms. The molecule has 0 aliphatic carbocycles. The average Bonchev–Trinajstić information content (AvgIpc) is 3.26. The summed E-state index contributed by atoms with van der Waals surface area (Å²) in [4.78, 5) is 17.0. The number of likely N-dealkylation sites (tertiary alicyclic amines) is 1. The summed E-state index contributed by atoms with van der Waals surface area (Å²) in [6, 6.07) is 9.61. The number of hydrogen-bond acceptors (Lipinski definition) is 4. The fourth-order valence-electron chi connectivity index (χ4n) is 4.54. The maximum absolute atomic E-state index is 12.7. The van der Waals surface area contributed by atoms with E-state index in [-0.39, 0.29) is 5.91 Å². The number of amides is 1. The lowest BCUT2D eigenvalue weighted by molar-refractivity contribution is 0.0951. The van der Waals surface area contributed by atoms with Gasteiger partial charge in [0.15, 0.2) is 0 Å². The third-order valence-electron chi connectivity index (χ3n) is 5.73. The minimum atomic E-state index is -0.00126. The minimum absolute atomic E-state index is 0.00126. The first-order valence-electron chi connectivity index (χ1n) is 10.6. The van der Waals surface area contributed by atoms with Gasteiger partial charge in [0.05, 0.1) is 4.88 Å². The van der Waals surface area contributed by atoms with E-state index in [1.165, 1.54) is 30.8 Å². The SMILES string of the molecule is C[C@H]1C[C@H](C)CN(CCCNC(=O)c2cc3c(-c4ccc(Cl)cc4)nn(C)c3s2)C1. The summed E-state index contributed by atoms with van der Waals surface area (Å²) in [5.41, 5.74) is 1.88. The number of nitrogens with one attached hydrogen (secondary N) is 1. The molecule has 1 fully saturated rings. The van der Waals surface area contributed by atoms with Gasteiger partial charge in [0.25, 0.3) is 5.91 Å². The molecule has 2 aromatic heterocycles. The Balaban J connectivity index is 1.38. The van der Waals surface area contributed by atoms with Gasteiger partial charge in [0.1, 0.15) is 10.5 Å². The van der Waals surface area contributed by atoms with Crippen LogP contribution in [0.5, 0.6) is 0 Å². The summed E-state index contributed by atoms with van der Waals surface area (Å²) in [6.07, 6.45) is 2.31. The number of halogens is 1. The Labute approximate surface area is 187 Å². The monoisotopic (exact) mass is 444 g/mol. The van der Waals surface area contributed by atoms with Crippen LogP contribution in [0.15, 0.2) is 30.3 Å². The van der Waals surface area contributed by atoms with Crippen LogP contribution in [0.3, 0.4) is 0 Å². The molecule has 1 aromatic carbocycles. The summed E-state index contributed by atoms with van der Waals surface area (Å²) in [7, 11) is 1.92. The number of fused-ring (bicyclic) bond motifs is 1. The Hall–Kier alpha value is -1.89. The quantitative estimate of drug-likeness (QED) is 0.541. The van der Waals surface area contributed by atoms with Crippen molar-refractivity contribution in [2.45, 2.75) is 26.7 Å². The van der Waals surface area contributed by atoms with Crippen LogP contribution >= 0.6 is 22.9 Å². The van der Waals surface area contributed by atoms with Crippen molar-refractivity contribution in [3.8, 4) is 11.3 Å². The molecular weight excluding hydrogens is 416 g/mol. The van der Waals surface area contributed by atoms with Crippen LogP contribution in [0.25, 0.3) is 21.5 Å². The molecule has 2 atom stereocenters. The van der Waals surface area contributed by atoms with Crippen molar-refractivity contribution in [1.29, 1.82) is 0 Å². The van der Waals surface area contributed by atoms with E-state index in [2.05, 4.69) is 29.2 Å². The van der Waals surface area contributed by atoms with Gasteiger partial charge in [-0.3, -0.25) is 9.48 Å². The van der Waals surface area contributed by atoms with Crippen molar-refractivity contribution in [2.24, 2.45) is 18.9 Å². The molecule has 1 aliphatic heterocycles. The lowest BCUT2D eigenvalue weighted by atomic mass is 9.92. The van der Waals surface area contributed by atoms with E-state index in [1.54, 1.807) is 0 Å². The zero-order valence-electron chi connectivity index (χ0n) is 17.8. The predicted molar refractivity (Wildman–Crippen MR) is 125 cm³/mol. The highest BCUT2D eigenvalue weighted by Crippen LogP contribution is 2.34. The average molecular weight is 445 g/mol. The number of aryl methyl sites for hydroxylation is 1. The lowest BCUT2D eigenvalue weighted by Gasteiger charge is -2.34. The molecule has 3 aromatic rings. The van der Waals surface area contributed by atoms with Gasteiger partial charge < -0.3 is 10.2 Å². The molecule has 0 unspecified atom stereocenters. The van der Waals surface area contributed by atoms with Gasteiger partial charge in [-0.1, -0.05) is 37.6 Å². The molecule has 0 bridgehead atoms. The largest absolute Gasteiger partial charge is 0.351 e. The van der Waals surface area contributed by atoms with E-state index >= 15 is 0 Å². The normalized spacial score (nSPS) is 20.0. The fourth-order valence-corrected chi connectivity index (χ4v) is 5.65. The fraction of sp³-hybridized carbons (Fsp3) is 0.478. The predicted octanol–water partition coefficient (Wildman–Crippen LogP) is 5.05. The molecule has 0 spiro atoms. The number of rotatable bonds is 6. The van der Waals surface area contributed by atoms with Crippen molar-refractivity contribution in [1.82, 2.24) is 20.0 Å². The summed E-state index contributed by atoms with van der Waals surface area (Å²) in [6.45, 7) is 8.77. The van der Waals surface area contributed by atoms with Crippen LogP contribution in [-0.4, -0.2) is 46.8 Å². The highest BCUT2D eigenvalue weighted by molar-refractivity contribution is 7.20. The number of carbonyl (C=O) groups excluding carboxylic acids is 1. The summed E-state index contributed by atoms with van der Waals surface area (Å²) < 4.78 is 1.85. The molecule has 3 heterocycles. The summed E-state index contributed by atoms with van der Waals surface area (Å²) >= 11 is 7.50. The number of hydrogen-bond donors (Lipinski definition) is 1. The number of carbonyl (C=O) groups is 1. The molecule has 1 aliphatic rings. The number of thiophene rings is 1. The summed E-state index contributed by atoms with van der Waals surface area (Å²) in [5.74, 6) is 1.54. The Bertz CT molecular complexity index is 1020. The van der Waals surface area contributed by atoms with Crippen molar-refractivity contribution in [2.75, 3.05) is 26.2 Å². The first-order chi connectivity index (χ1) is 14.4. The number of aromatic nitrogens is 2. The Morgan fingerprint density at radius 2 is 1.93 bits per heavy atom. The maximum Gasteiger partial charge on any atom is 0.261 e. The first-order valence-corrected chi connectivity index (χ1v) is 11.8. The Kier molecular flexibility index (Phi) is 6.46. The lowest BCUT2D eigenvalue weighted by Crippen LogP contribution is -2.40. The van der Waals surface area contributed by atoms with E-state index < -0.39 is 0 Å². The number of piperidine rings is 1. The second kappa shape index (κ2) is 9.08. The van der Waals surface area contributed by atoms with Gasteiger partial charge in [0.2, 0.25) is 0 Å². The molecular formula is C23H29ClN4OS. The van der Waals surface area contributed by atoms with Gasteiger partial charge in [-0.05, 0) is 49.4 Å². The van der Waals surface area contributed by atoms with E-state index in [9.17, 15) is 4.79 Å². The van der Waals surface area contributed by atoms with Gasteiger partial charge >= 0.3 is 0 Å². The first kappa shape index (κ1) is 21.3. The van der Waals surface area contributed by atoms with E-state index in [1.807, 2.05) is 42.1 Å². The standard InChI is InChI=1S/C23H29ClN4OS/c1-15-11-16(2)14-28(13-15)10-4-9-25-22(29)20-12-19-21(26-27(3)23(19)30-20)17-5-7-18(24)8-6-17/h5-8,12,15-16H,4,9-11,13-14H2,1-3H3,(H,25,29)/t15-,16-/m0/s1. The molecule has 1 N–H and O–H groups in total. The second-order valence-electron chi connectivity index (χ2n) is 8.62. The van der Waals surface area contributed by atoms with Gasteiger partial charge in [0, 0.05) is 42.7 Å². The van der Waals surface area contributed by atoms with E-state index in [4.69, 9.17) is 11.6 Å². The third-order valence-corrected chi connectivity index (χ3v) is 7.19. The van der Waals surface area contributed by atoms with Crippen LogP contribution in [0, 0.1) is 11.8 Å². The molecule has 1 saturated heterocycles. The van der Waals surface area contributed by atoms with Crippen LogP contribution < -0.4 is 5.32 Å². The van der Waals surface area contributed by atoms with Crippen molar-refractivity contribution in [3.05, 3.63) is 40.2 Å². The van der Waals surface area contributed by atoms with Crippen LogP contribution in [0.1, 0.15) is 36.4 Å². The molecule has 1 amide bonds. The topological polar surface area (TPSA) is 50.2 Å². The van der Waals surface area contributed by atoms with Crippen LogP contribution in [0.4, 0.5) is 0 Å². The summed E-state index contributed by atoms with van der Waals surface area (Å²) in [5, 5.41) is 9.44. The zero-order chi connectivity index (χ0) is 21.3. The maximum atomic E-state index is 12.7. The zero-order valence-corrected chi connectivity index (χ0v) is 19.4. The number of benzene rings is 1. The third kappa shape index (κ3) is 4.71. The Morgan fingerprint density at radius 3 is 2.63 bits per heavy atom. The molecule has 5 nitrogen and oxygen atoms in total. The van der Waals surface area contributed by atoms with E-state index in [0.29, 0.717) is 11.6 Å². The van der Waals surface area contributed by atoms with Crippen LogP contribution in [0.2, 0.25) is 5.02 Å². The second-order valence-corrected chi connectivity index (χ2v) is 10.1. The molecule has 4 rings (SSSR count). The van der Waals surface area contributed by atoms with Crippen molar-refractivity contribution >= 4 is 39.1 Å². The molecule has 0 saturated carbocycles. The molecule has 30 heavy (non-hydrogen) atoms. The molecule has 160 valence electrons. The van der Waals surface area contributed by atoms with Gasteiger partial charge in [-0.25, -0.2) is 0 Å². The van der Waals surface area contributed by atoms with Gasteiger partial charge in [-0.2, -0.15) is 5.10 Å². The highest BCUT2D eigenvalue weighted by atomic mass is 35.5. The van der Waals surface area contributed by atoms with Crippen LogP contribution in [-0.2, 0) is 7.05 Å². The smallest absolute Gasteiger partial charge is 0.261 e. The van der Waals surface area contributed by atoms with Gasteiger partial charge in [-0.15, -0.1) is 11.3 Å². The van der Waals surface area contributed by atoms with E-state index in [0.717, 1.165) is 51.2 Å². The number of nitrogens with zero attached hydrogens (tertiary/aromatic N) is 3. The highest BCUT2D eigenvalue weighted by Gasteiger charge is 2.21. The van der Waals surface area contributed by atoms with Crippen molar-refractivity contribution in [3.63, 3.8) is 0 Å².